The maximum atomic E-state index is 12.9. The van der Waals surface area contributed by atoms with Crippen molar-refractivity contribution < 1.29 is 9.18 Å². The van der Waals surface area contributed by atoms with Gasteiger partial charge in [0.05, 0.1) is 11.8 Å². The highest BCUT2D eigenvalue weighted by atomic mass is 32.2. The molecule has 0 bridgehead atoms. The van der Waals surface area contributed by atoms with Gasteiger partial charge in [-0.3, -0.25) is 9.36 Å². The number of rotatable bonds is 6. The Balaban J connectivity index is 2.22. The number of nitriles is 1. The molecule has 2 rings (SSSR count). The minimum absolute atomic E-state index is 0.103. The number of nitrogens with zero attached hydrogens (tertiary/aromatic N) is 4. The predicted octanol–water partition coefficient (Wildman–Crippen LogP) is 2.20. The number of nitrogens with one attached hydrogen (secondary N) is 1. The summed E-state index contributed by atoms with van der Waals surface area (Å²) in [4.78, 5) is 12.5. The van der Waals surface area contributed by atoms with Gasteiger partial charge in [-0.15, -0.1) is 10.2 Å². The highest BCUT2D eigenvalue weighted by molar-refractivity contribution is 7.99. The summed E-state index contributed by atoms with van der Waals surface area (Å²) in [5.74, 6) is -0.419. The van der Waals surface area contributed by atoms with Gasteiger partial charge >= 0.3 is 0 Å². The van der Waals surface area contributed by atoms with E-state index in [1.165, 1.54) is 28.8 Å². The van der Waals surface area contributed by atoms with E-state index in [0.29, 0.717) is 17.3 Å². The van der Waals surface area contributed by atoms with Crippen LogP contribution in [-0.2, 0) is 4.79 Å². The number of thioether (sulfide) groups is 1. The summed E-state index contributed by atoms with van der Waals surface area (Å²) in [6, 6.07) is 6.83. The molecule has 0 aliphatic carbocycles. The number of carbonyl (C=O) groups is 1. The Kier molecular flexibility index (Phi) is 5.54. The minimum Gasteiger partial charge on any atom is -0.368 e. The third-order valence-electron chi connectivity index (χ3n) is 3.07. The zero-order valence-electron chi connectivity index (χ0n) is 12.4. The predicted molar refractivity (Wildman–Crippen MR) is 85.1 cm³/mol. The first-order valence-electron chi connectivity index (χ1n) is 6.83. The SMILES string of the molecule is CCC(C(=O)Nc1ccc(F)cc1)n1c(N)nnc1SCC#N. The summed E-state index contributed by atoms with van der Waals surface area (Å²) in [6.45, 7) is 1.83. The van der Waals surface area contributed by atoms with E-state index < -0.39 is 6.04 Å². The second kappa shape index (κ2) is 7.60. The molecule has 0 radical (unpaired) electrons. The van der Waals surface area contributed by atoms with Crippen LogP contribution >= 0.6 is 11.8 Å². The van der Waals surface area contributed by atoms with Gasteiger partial charge in [0, 0.05) is 5.69 Å². The number of benzene rings is 1. The number of aromatic nitrogens is 3. The van der Waals surface area contributed by atoms with Crippen LogP contribution in [0.1, 0.15) is 19.4 Å². The molecule has 120 valence electrons. The van der Waals surface area contributed by atoms with Gasteiger partial charge in [-0.2, -0.15) is 5.26 Å². The molecule has 1 aromatic carbocycles. The first-order valence-corrected chi connectivity index (χ1v) is 7.82. The summed E-state index contributed by atoms with van der Waals surface area (Å²) in [7, 11) is 0. The molecular formula is C14H15FN6OS. The van der Waals surface area contributed by atoms with Crippen molar-refractivity contribution >= 4 is 29.3 Å². The van der Waals surface area contributed by atoms with Crippen LogP contribution in [0.15, 0.2) is 29.4 Å². The molecule has 2 aromatic rings. The Hall–Kier alpha value is -2.60. The summed E-state index contributed by atoms with van der Waals surface area (Å²) in [5, 5.41) is 19.5. The summed E-state index contributed by atoms with van der Waals surface area (Å²) >= 11 is 1.16. The third-order valence-corrected chi connectivity index (χ3v) is 3.88. The van der Waals surface area contributed by atoms with Crippen molar-refractivity contribution in [3.8, 4) is 6.07 Å². The van der Waals surface area contributed by atoms with Crippen molar-refractivity contribution in [3.63, 3.8) is 0 Å². The Labute approximate surface area is 136 Å². The zero-order valence-corrected chi connectivity index (χ0v) is 13.2. The molecule has 1 amide bonds. The molecule has 1 heterocycles. The van der Waals surface area contributed by atoms with Crippen LogP contribution in [0, 0.1) is 17.1 Å². The molecule has 3 N–H and O–H groups in total. The average molecular weight is 334 g/mol. The maximum Gasteiger partial charge on any atom is 0.247 e. The highest BCUT2D eigenvalue weighted by Gasteiger charge is 2.24. The van der Waals surface area contributed by atoms with Crippen LogP contribution in [0.2, 0.25) is 0 Å². The first-order chi connectivity index (χ1) is 11.1. The fourth-order valence-electron chi connectivity index (χ4n) is 2.02. The molecule has 0 saturated carbocycles. The van der Waals surface area contributed by atoms with Crippen LogP contribution in [0.25, 0.3) is 0 Å². The number of halogens is 1. The Morgan fingerprint density at radius 3 is 2.78 bits per heavy atom. The second-order valence-corrected chi connectivity index (χ2v) is 5.52. The van der Waals surface area contributed by atoms with Gasteiger partial charge in [0.1, 0.15) is 11.9 Å². The first kappa shape index (κ1) is 16.8. The standard InChI is InChI=1S/C14H15FN6OS/c1-2-11(12(22)18-10-5-3-9(15)4-6-10)21-13(17)19-20-14(21)23-8-7-16/h3-6,11H,2,8H2,1H3,(H2,17,19)(H,18,22). The van der Waals surface area contributed by atoms with Gasteiger partial charge in [-0.05, 0) is 30.7 Å². The topological polar surface area (TPSA) is 110 Å². The van der Waals surface area contributed by atoms with E-state index in [1.807, 2.05) is 13.0 Å². The molecule has 0 aliphatic heterocycles. The lowest BCUT2D eigenvalue weighted by molar-refractivity contribution is -0.119. The van der Waals surface area contributed by atoms with Gasteiger partial charge in [0.15, 0.2) is 5.16 Å². The van der Waals surface area contributed by atoms with Crippen molar-refractivity contribution in [3.05, 3.63) is 30.1 Å². The number of hydrogen-bond acceptors (Lipinski definition) is 6. The number of amides is 1. The van der Waals surface area contributed by atoms with Crippen molar-refractivity contribution in [1.29, 1.82) is 5.26 Å². The van der Waals surface area contributed by atoms with Gasteiger partial charge in [0.25, 0.3) is 0 Å². The summed E-state index contributed by atoms with van der Waals surface area (Å²) in [6.07, 6.45) is 0.454. The fourth-order valence-corrected chi connectivity index (χ4v) is 2.67. The third kappa shape index (κ3) is 3.98. The van der Waals surface area contributed by atoms with Gasteiger partial charge < -0.3 is 11.1 Å². The second-order valence-electron chi connectivity index (χ2n) is 4.58. The summed E-state index contributed by atoms with van der Waals surface area (Å²) < 4.78 is 14.4. The lowest BCUT2D eigenvalue weighted by atomic mass is 10.2. The van der Waals surface area contributed by atoms with Crippen molar-refractivity contribution in [2.45, 2.75) is 24.5 Å². The Bertz CT molecular complexity index is 724. The molecule has 9 heteroatoms. The lowest BCUT2D eigenvalue weighted by Crippen LogP contribution is -2.27. The van der Waals surface area contributed by atoms with E-state index in [2.05, 4.69) is 15.5 Å². The van der Waals surface area contributed by atoms with E-state index in [4.69, 9.17) is 11.0 Å². The zero-order chi connectivity index (χ0) is 16.8. The van der Waals surface area contributed by atoms with E-state index in [1.54, 1.807) is 0 Å². The fraction of sp³-hybridized carbons (Fsp3) is 0.286. The van der Waals surface area contributed by atoms with Crippen molar-refractivity contribution in [1.82, 2.24) is 14.8 Å². The Morgan fingerprint density at radius 2 is 2.17 bits per heavy atom. The van der Waals surface area contributed by atoms with Crippen molar-refractivity contribution in [2.24, 2.45) is 0 Å². The molecule has 0 spiro atoms. The minimum atomic E-state index is -0.628. The number of carbonyl (C=O) groups excluding carboxylic acids is 1. The molecular weight excluding hydrogens is 319 g/mol. The number of nitrogens with two attached hydrogens (primary N) is 1. The van der Waals surface area contributed by atoms with E-state index in [9.17, 15) is 9.18 Å². The number of hydrogen-bond donors (Lipinski definition) is 2. The molecule has 1 unspecified atom stereocenters. The number of anilines is 2. The maximum absolute atomic E-state index is 12.9. The van der Waals surface area contributed by atoms with Crippen LogP contribution in [0.4, 0.5) is 16.0 Å². The largest absolute Gasteiger partial charge is 0.368 e. The molecule has 0 fully saturated rings. The Morgan fingerprint density at radius 1 is 1.48 bits per heavy atom. The van der Waals surface area contributed by atoms with E-state index >= 15 is 0 Å². The molecule has 7 nitrogen and oxygen atoms in total. The molecule has 1 atom stereocenters. The smallest absolute Gasteiger partial charge is 0.247 e. The van der Waals surface area contributed by atoms with E-state index in [-0.39, 0.29) is 23.4 Å². The van der Waals surface area contributed by atoms with Gasteiger partial charge in [0.2, 0.25) is 11.9 Å². The monoisotopic (exact) mass is 334 g/mol. The quantitative estimate of drug-likeness (QED) is 0.784. The van der Waals surface area contributed by atoms with Crippen molar-refractivity contribution in [2.75, 3.05) is 16.8 Å². The molecule has 1 aromatic heterocycles. The van der Waals surface area contributed by atoms with Crippen LogP contribution in [0.3, 0.4) is 0 Å². The van der Waals surface area contributed by atoms with Crippen LogP contribution in [0.5, 0.6) is 0 Å². The average Bonchev–Trinajstić information content (AvgIpc) is 2.89. The normalized spacial score (nSPS) is 11.7. The van der Waals surface area contributed by atoms with E-state index in [0.717, 1.165) is 11.8 Å². The van der Waals surface area contributed by atoms with Gasteiger partial charge in [-0.1, -0.05) is 18.7 Å². The lowest BCUT2D eigenvalue weighted by Gasteiger charge is -2.18. The molecule has 0 saturated heterocycles. The molecule has 0 aliphatic rings. The van der Waals surface area contributed by atoms with Gasteiger partial charge in [-0.25, -0.2) is 4.39 Å². The molecule has 23 heavy (non-hydrogen) atoms. The number of nitrogen functional groups attached to an aromatic ring is 1. The summed E-state index contributed by atoms with van der Waals surface area (Å²) in [5.41, 5.74) is 6.28. The highest BCUT2D eigenvalue weighted by Crippen LogP contribution is 2.25. The van der Waals surface area contributed by atoms with Crippen LogP contribution in [-0.4, -0.2) is 26.4 Å². The van der Waals surface area contributed by atoms with Crippen LogP contribution < -0.4 is 11.1 Å².